The molecule has 0 aliphatic carbocycles. The minimum atomic E-state index is 0.0618. The van der Waals surface area contributed by atoms with Crippen LogP contribution in [0.2, 0.25) is 0 Å². The molecular weight excluding hydrogens is 304 g/mol. The largest absolute Gasteiger partial charge is 0.493 e. The Bertz CT molecular complexity index is 539. The summed E-state index contributed by atoms with van der Waals surface area (Å²) in [6, 6.07) is 5.78. The van der Waals surface area contributed by atoms with Crippen LogP contribution in [0.15, 0.2) is 18.2 Å². The average Bonchev–Trinajstić information content (AvgIpc) is 2.59. The first-order chi connectivity index (χ1) is 11.6. The summed E-state index contributed by atoms with van der Waals surface area (Å²) in [4.78, 5) is 15.1. The second-order valence-electron chi connectivity index (χ2n) is 6.51. The molecule has 0 spiro atoms. The fraction of sp³-hybridized carbons (Fsp3) is 0.632. The van der Waals surface area contributed by atoms with Crippen molar-refractivity contribution in [2.45, 2.75) is 52.2 Å². The number of hydrogen-bond acceptors (Lipinski definition) is 4. The van der Waals surface area contributed by atoms with Crippen LogP contribution in [-0.2, 0) is 0 Å². The van der Waals surface area contributed by atoms with E-state index in [0.717, 1.165) is 38.9 Å². The lowest BCUT2D eigenvalue weighted by Crippen LogP contribution is -2.46. The molecule has 1 aromatic carbocycles. The Kier molecular flexibility index (Phi) is 6.91. The van der Waals surface area contributed by atoms with Crippen molar-refractivity contribution in [3.05, 3.63) is 23.8 Å². The van der Waals surface area contributed by atoms with Gasteiger partial charge in [-0.2, -0.15) is 0 Å². The van der Waals surface area contributed by atoms with Gasteiger partial charge in [0, 0.05) is 18.2 Å². The lowest BCUT2D eigenvalue weighted by molar-refractivity contribution is 0.0642. The molecule has 5 heteroatoms. The van der Waals surface area contributed by atoms with Crippen LogP contribution in [0, 0.1) is 0 Å². The van der Waals surface area contributed by atoms with Crippen molar-refractivity contribution in [3.8, 4) is 11.5 Å². The Labute approximate surface area is 145 Å². The molecule has 5 nitrogen and oxygen atoms in total. The molecule has 2 rings (SSSR count). The van der Waals surface area contributed by atoms with E-state index in [2.05, 4.69) is 12.2 Å². The van der Waals surface area contributed by atoms with E-state index in [4.69, 9.17) is 9.47 Å². The van der Waals surface area contributed by atoms with E-state index in [0.29, 0.717) is 23.1 Å². The van der Waals surface area contributed by atoms with Crippen LogP contribution >= 0.6 is 0 Å². The third kappa shape index (κ3) is 4.63. The summed E-state index contributed by atoms with van der Waals surface area (Å²) in [5, 5.41) is 3.36. The molecule has 134 valence electrons. The van der Waals surface area contributed by atoms with Gasteiger partial charge in [-0.15, -0.1) is 0 Å². The van der Waals surface area contributed by atoms with Crippen LogP contribution in [0.4, 0.5) is 0 Å². The number of nitrogens with one attached hydrogen (secondary N) is 1. The average molecular weight is 334 g/mol. The minimum absolute atomic E-state index is 0.0618. The molecule has 0 saturated carbocycles. The van der Waals surface area contributed by atoms with Crippen molar-refractivity contribution in [2.75, 3.05) is 26.7 Å². The van der Waals surface area contributed by atoms with Crippen LogP contribution in [0.3, 0.4) is 0 Å². The number of ether oxygens (including phenoxy) is 2. The maximum atomic E-state index is 13.0. The van der Waals surface area contributed by atoms with E-state index in [9.17, 15) is 4.79 Å². The van der Waals surface area contributed by atoms with E-state index in [1.54, 1.807) is 13.2 Å². The number of amides is 1. The Hall–Kier alpha value is -1.75. The first-order valence-corrected chi connectivity index (χ1v) is 8.93. The molecule has 1 N–H and O–H groups in total. The summed E-state index contributed by atoms with van der Waals surface area (Å²) in [5.74, 6) is 1.36. The number of carbonyl (C=O) groups is 1. The fourth-order valence-electron chi connectivity index (χ4n) is 3.13. The molecule has 0 bridgehead atoms. The molecular formula is C19H30N2O3. The van der Waals surface area contributed by atoms with E-state index >= 15 is 0 Å². The Balaban J connectivity index is 2.21. The number of piperidine rings is 1. The number of hydrogen-bond donors (Lipinski definition) is 1. The van der Waals surface area contributed by atoms with Gasteiger partial charge >= 0.3 is 0 Å². The van der Waals surface area contributed by atoms with E-state index in [1.165, 1.54) is 0 Å². The second-order valence-corrected chi connectivity index (χ2v) is 6.51. The third-order valence-corrected chi connectivity index (χ3v) is 4.25. The van der Waals surface area contributed by atoms with Crippen molar-refractivity contribution in [1.82, 2.24) is 10.2 Å². The number of methoxy groups -OCH3 is 1. The Morgan fingerprint density at radius 2 is 2.00 bits per heavy atom. The van der Waals surface area contributed by atoms with Gasteiger partial charge in [0.05, 0.1) is 13.2 Å². The minimum Gasteiger partial charge on any atom is -0.493 e. The van der Waals surface area contributed by atoms with Crippen molar-refractivity contribution in [3.63, 3.8) is 0 Å². The normalized spacial score (nSPS) is 15.4. The number of carbonyl (C=O) groups excluding carboxylic acids is 1. The Morgan fingerprint density at radius 1 is 1.29 bits per heavy atom. The highest BCUT2D eigenvalue weighted by molar-refractivity contribution is 5.95. The maximum Gasteiger partial charge on any atom is 0.254 e. The number of benzene rings is 1. The highest BCUT2D eigenvalue weighted by Gasteiger charge is 2.26. The van der Waals surface area contributed by atoms with Gasteiger partial charge in [0.2, 0.25) is 0 Å². The summed E-state index contributed by atoms with van der Waals surface area (Å²) in [6.07, 6.45) is 3.04. The molecule has 0 unspecified atom stereocenters. The van der Waals surface area contributed by atoms with Gasteiger partial charge in [-0.05, 0) is 64.4 Å². The zero-order valence-electron chi connectivity index (χ0n) is 15.3. The number of rotatable bonds is 7. The lowest BCUT2D eigenvalue weighted by Gasteiger charge is -2.34. The van der Waals surface area contributed by atoms with Crippen LogP contribution in [0.5, 0.6) is 11.5 Å². The molecule has 1 fully saturated rings. The second kappa shape index (κ2) is 8.92. The first kappa shape index (κ1) is 18.6. The summed E-state index contributed by atoms with van der Waals surface area (Å²) in [5.41, 5.74) is 0.662. The molecule has 1 aliphatic heterocycles. The predicted molar refractivity (Wildman–Crippen MR) is 96.0 cm³/mol. The van der Waals surface area contributed by atoms with E-state index < -0.39 is 0 Å². The highest BCUT2D eigenvalue weighted by atomic mass is 16.5. The molecule has 1 aromatic rings. The van der Waals surface area contributed by atoms with Gasteiger partial charge in [-0.25, -0.2) is 0 Å². The van der Waals surface area contributed by atoms with Gasteiger partial charge in [0.1, 0.15) is 0 Å². The van der Waals surface area contributed by atoms with Crippen LogP contribution in [0.25, 0.3) is 0 Å². The topological polar surface area (TPSA) is 50.8 Å². The van der Waals surface area contributed by atoms with Crippen molar-refractivity contribution in [2.24, 2.45) is 0 Å². The van der Waals surface area contributed by atoms with Crippen LogP contribution in [-0.4, -0.2) is 49.7 Å². The van der Waals surface area contributed by atoms with Gasteiger partial charge in [-0.1, -0.05) is 6.92 Å². The lowest BCUT2D eigenvalue weighted by atomic mass is 10.0. The SMILES string of the molecule is CCCN(C(=O)c1ccc(OC(C)C)c(OC)c1)C1CCNCC1. The van der Waals surface area contributed by atoms with Gasteiger partial charge < -0.3 is 19.7 Å². The van der Waals surface area contributed by atoms with Crippen molar-refractivity contribution < 1.29 is 14.3 Å². The molecule has 1 amide bonds. The molecule has 24 heavy (non-hydrogen) atoms. The molecule has 0 aromatic heterocycles. The first-order valence-electron chi connectivity index (χ1n) is 8.93. The summed E-state index contributed by atoms with van der Waals surface area (Å²) in [6.45, 7) is 8.79. The zero-order valence-corrected chi connectivity index (χ0v) is 15.3. The quantitative estimate of drug-likeness (QED) is 0.832. The van der Waals surface area contributed by atoms with Crippen molar-refractivity contribution in [1.29, 1.82) is 0 Å². The van der Waals surface area contributed by atoms with Crippen molar-refractivity contribution >= 4 is 5.91 Å². The predicted octanol–water partition coefficient (Wildman–Crippen LogP) is 3.09. The fourth-order valence-corrected chi connectivity index (χ4v) is 3.13. The summed E-state index contributed by atoms with van der Waals surface area (Å²) in [7, 11) is 1.60. The molecule has 0 radical (unpaired) electrons. The monoisotopic (exact) mass is 334 g/mol. The molecule has 0 atom stereocenters. The smallest absolute Gasteiger partial charge is 0.254 e. The standard InChI is InChI=1S/C19H30N2O3/c1-5-12-21(16-8-10-20-11-9-16)19(22)15-6-7-17(24-14(2)3)18(13-15)23-4/h6-7,13-14,16,20H,5,8-12H2,1-4H3. The Morgan fingerprint density at radius 3 is 2.58 bits per heavy atom. The van der Waals surface area contributed by atoms with Gasteiger partial charge in [0.25, 0.3) is 5.91 Å². The molecule has 1 aliphatic rings. The summed E-state index contributed by atoms with van der Waals surface area (Å²) < 4.78 is 11.2. The third-order valence-electron chi connectivity index (χ3n) is 4.25. The van der Waals surface area contributed by atoms with Crippen LogP contribution in [0.1, 0.15) is 50.4 Å². The molecule has 1 saturated heterocycles. The van der Waals surface area contributed by atoms with Crippen LogP contribution < -0.4 is 14.8 Å². The maximum absolute atomic E-state index is 13.0. The van der Waals surface area contributed by atoms with E-state index in [-0.39, 0.29) is 12.0 Å². The number of nitrogens with zero attached hydrogens (tertiary/aromatic N) is 1. The van der Waals surface area contributed by atoms with Gasteiger partial charge in [0.15, 0.2) is 11.5 Å². The molecule has 1 heterocycles. The highest BCUT2D eigenvalue weighted by Crippen LogP contribution is 2.30. The van der Waals surface area contributed by atoms with Gasteiger partial charge in [-0.3, -0.25) is 4.79 Å². The zero-order chi connectivity index (χ0) is 17.5. The van der Waals surface area contributed by atoms with E-state index in [1.807, 2.05) is 30.9 Å². The summed E-state index contributed by atoms with van der Waals surface area (Å²) >= 11 is 0.